The highest BCUT2D eigenvalue weighted by Crippen LogP contribution is 2.18. The van der Waals surface area contributed by atoms with Crippen molar-refractivity contribution in [2.24, 2.45) is 0 Å². The minimum Gasteiger partial charge on any atom is -0.462 e. The van der Waals surface area contributed by atoms with Gasteiger partial charge in [0, 0.05) is 6.42 Å². The van der Waals surface area contributed by atoms with E-state index in [4.69, 9.17) is 4.74 Å². The van der Waals surface area contributed by atoms with Crippen molar-refractivity contribution in [3.05, 3.63) is 36.5 Å². The van der Waals surface area contributed by atoms with E-state index in [1.165, 1.54) is 180 Å². The van der Waals surface area contributed by atoms with Gasteiger partial charge in [0.05, 0.1) is 25.2 Å². The number of carbonyl (C=O) groups is 2. The summed E-state index contributed by atoms with van der Waals surface area (Å²) in [6.07, 6.45) is 63.5. The molecule has 3 unspecified atom stereocenters. The molecule has 0 bridgehead atoms. The molecule has 0 fully saturated rings. The Morgan fingerprint density at radius 3 is 1.18 bits per heavy atom. The minimum atomic E-state index is -0.793. The Balaban J connectivity index is 4.59. The first kappa shape index (κ1) is 63.1. The lowest BCUT2D eigenvalue weighted by atomic mass is 10.0. The molecule has 0 aromatic rings. The van der Waals surface area contributed by atoms with E-state index in [1.54, 1.807) is 0 Å². The van der Waals surface area contributed by atoms with Crippen molar-refractivity contribution in [1.29, 1.82) is 0 Å². The number of unbranched alkanes of at least 4 members (excludes halogenated alkanes) is 35. The van der Waals surface area contributed by atoms with Crippen molar-refractivity contribution < 1.29 is 24.5 Å². The van der Waals surface area contributed by atoms with Gasteiger partial charge in [-0.05, 0) is 77.0 Å². The van der Waals surface area contributed by atoms with Gasteiger partial charge in [-0.3, -0.25) is 9.59 Å². The predicted octanol–water partition coefficient (Wildman–Crippen LogP) is 17.6. The summed E-state index contributed by atoms with van der Waals surface area (Å²) < 4.78 is 5.94. The summed E-state index contributed by atoms with van der Waals surface area (Å²) >= 11 is 0. The van der Waals surface area contributed by atoms with Crippen LogP contribution >= 0.6 is 0 Å². The summed E-state index contributed by atoms with van der Waals surface area (Å²) in [5, 5.41) is 23.9. The van der Waals surface area contributed by atoms with Crippen LogP contribution in [0.4, 0.5) is 0 Å². The van der Waals surface area contributed by atoms with Gasteiger partial charge in [0.1, 0.15) is 6.10 Å². The number of carbonyl (C=O) groups excluding carboxylic acids is 2. The van der Waals surface area contributed by atoms with Crippen LogP contribution in [0.2, 0.25) is 0 Å². The second-order valence-electron chi connectivity index (χ2n) is 19.7. The van der Waals surface area contributed by atoms with Crippen LogP contribution in [0.15, 0.2) is 36.5 Å². The molecular formula is C59H111NO5. The average molecular weight is 915 g/mol. The molecule has 6 heteroatoms. The summed E-state index contributed by atoms with van der Waals surface area (Å²) in [7, 11) is 0. The van der Waals surface area contributed by atoms with E-state index < -0.39 is 18.2 Å². The van der Waals surface area contributed by atoms with E-state index in [2.05, 4.69) is 62.5 Å². The number of hydrogen-bond acceptors (Lipinski definition) is 5. The van der Waals surface area contributed by atoms with Gasteiger partial charge in [-0.25, -0.2) is 0 Å². The fourth-order valence-corrected chi connectivity index (χ4v) is 8.83. The number of allylic oxidation sites excluding steroid dienone is 6. The van der Waals surface area contributed by atoms with Crippen LogP contribution in [0.1, 0.15) is 303 Å². The quantitative estimate of drug-likeness (QED) is 0.0244. The van der Waals surface area contributed by atoms with Crippen molar-refractivity contribution in [3.8, 4) is 0 Å². The summed E-state index contributed by atoms with van der Waals surface area (Å²) in [5.74, 6) is -0.500. The number of nitrogens with one attached hydrogen (secondary N) is 1. The van der Waals surface area contributed by atoms with Gasteiger partial charge in [0.25, 0.3) is 0 Å². The number of amides is 1. The van der Waals surface area contributed by atoms with E-state index in [0.29, 0.717) is 19.3 Å². The van der Waals surface area contributed by atoms with Crippen LogP contribution < -0.4 is 5.32 Å². The number of aliphatic hydroxyl groups is 2. The first-order valence-electron chi connectivity index (χ1n) is 28.7. The molecule has 0 aliphatic heterocycles. The maximum Gasteiger partial charge on any atom is 0.306 e. The molecule has 6 nitrogen and oxygen atoms in total. The fraction of sp³-hybridized carbons (Fsp3) is 0.864. The molecule has 0 radical (unpaired) electrons. The van der Waals surface area contributed by atoms with E-state index in [1.807, 2.05) is 0 Å². The molecule has 1 amide bonds. The topological polar surface area (TPSA) is 95.9 Å². The third-order valence-electron chi connectivity index (χ3n) is 13.2. The van der Waals surface area contributed by atoms with Crippen molar-refractivity contribution in [2.45, 2.75) is 322 Å². The number of hydrogen-bond donors (Lipinski definition) is 3. The maximum atomic E-state index is 13.3. The molecule has 0 aliphatic carbocycles. The SMILES string of the molecule is CCCCCCCC/C=C/CCCCCCCC(CC(=O)NC(CO)C(O)CCCCCCCCCCCCCCCCC)OC(=O)CCCCC/C=C/C=C/CCCCCCCCC. The Kier molecular flexibility index (Phi) is 51.5. The second kappa shape index (κ2) is 53.0. The number of aliphatic hydroxyl groups excluding tert-OH is 2. The van der Waals surface area contributed by atoms with Gasteiger partial charge in [-0.2, -0.15) is 0 Å². The second-order valence-corrected chi connectivity index (χ2v) is 19.7. The van der Waals surface area contributed by atoms with Crippen molar-refractivity contribution >= 4 is 11.9 Å². The average Bonchev–Trinajstić information content (AvgIpc) is 3.30. The molecule has 0 saturated carbocycles. The van der Waals surface area contributed by atoms with E-state index in [9.17, 15) is 19.8 Å². The Morgan fingerprint density at radius 1 is 0.446 bits per heavy atom. The molecule has 3 N–H and O–H groups in total. The largest absolute Gasteiger partial charge is 0.462 e. The lowest BCUT2D eigenvalue weighted by Crippen LogP contribution is -2.46. The van der Waals surface area contributed by atoms with Crippen LogP contribution in [0.25, 0.3) is 0 Å². The van der Waals surface area contributed by atoms with Gasteiger partial charge in [-0.15, -0.1) is 0 Å². The summed E-state index contributed by atoms with van der Waals surface area (Å²) in [5.41, 5.74) is 0. The smallest absolute Gasteiger partial charge is 0.306 e. The third-order valence-corrected chi connectivity index (χ3v) is 13.2. The summed E-state index contributed by atoms with van der Waals surface area (Å²) in [6, 6.07) is -0.708. The zero-order valence-electron chi connectivity index (χ0n) is 43.6. The van der Waals surface area contributed by atoms with E-state index in [-0.39, 0.29) is 24.9 Å². The Bertz CT molecular complexity index is 1070. The molecular weight excluding hydrogens is 803 g/mol. The number of esters is 1. The molecule has 0 aliphatic rings. The van der Waals surface area contributed by atoms with Gasteiger partial charge in [-0.1, -0.05) is 250 Å². The number of ether oxygens (including phenoxy) is 1. The number of rotatable bonds is 52. The third kappa shape index (κ3) is 48.3. The fourth-order valence-electron chi connectivity index (χ4n) is 8.83. The van der Waals surface area contributed by atoms with Crippen LogP contribution in [-0.2, 0) is 14.3 Å². The van der Waals surface area contributed by atoms with Gasteiger partial charge in [0.15, 0.2) is 0 Å². The van der Waals surface area contributed by atoms with Gasteiger partial charge in [0.2, 0.25) is 5.91 Å². The standard InChI is InChI=1S/C59H111NO5/c1-4-7-10-13-16-19-22-25-28-31-34-37-40-43-46-49-52-59(64)65-55(50-47-44-41-38-35-32-29-26-23-20-17-14-11-8-5-2)53-58(63)60-56(54-61)57(62)51-48-45-42-39-36-33-30-27-24-21-18-15-12-9-6-3/h26,28-29,31,34,37,55-57,61-62H,4-25,27,30,32-33,35-36,38-54H2,1-3H3,(H,60,63)/b29-26+,31-28+,37-34+. The normalized spacial score (nSPS) is 13.4. The Labute approximate surface area is 404 Å². The maximum absolute atomic E-state index is 13.3. The molecule has 0 rings (SSSR count). The first-order chi connectivity index (χ1) is 32.0. The van der Waals surface area contributed by atoms with Crippen LogP contribution in [0.3, 0.4) is 0 Å². The highest BCUT2D eigenvalue weighted by atomic mass is 16.5. The van der Waals surface area contributed by atoms with Crippen LogP contribution in [0, 0.1) is 0 Å². The van der Waals surface area contributed by atoms with E-state index in [0.717, 1.165) is 77.0 Å². The monoisotopic (exact) mass is 914 g/mol. The first-order valence-corrected chi connectivity index (χ1v) is 28.7. The van der Waals surface area contributed by atoms with Gasteiger partial charge < -0.3 is 20.3 Å². The predicted molar refractivity (Wildman–Crippen MR) is 282 cm³/mol. The van der Waals surface area contributed by atoms with Gasteiger partial charge >= 0.3 is 5.97 Å². The Morgan fingerprint density at radius 2 is 0.785 bits per heavy atom. The summed E-state index contributed by atoms with van der Waals surface area (Å²) in [4.78, 5) is 26.2. The molecule has 382 valence electrons. The highest BCUT2D eigenvalue weighted by Gasteiger charge is 2.24. The van der Waals surface area contributed by atoms with Crippen molar-refractivity contribution in [3.63, 3.8) is 0 Å². The highest BCUT2D eigenvalue weighted by molar-refractivity contribution is 5.77. The van der Waals surface area contributed by atoms with Crippen molar-refractivity contribution in [2.75, 3.05) is 6.61 Å². The minimum absolute atomic E-state index is 0.0641. The zero-order valence-corrected chi connectivity index (χ0v) is 43.6. The van der Waals surface area contributed by atoms with Crippen LogP contribution in [-0.4, -0.2) is 46.9 Å². The Hall–Kier alpha value is -1.92. The molecule has 0 spiro atoms. The lowest BCUT2D eigenvalue weighted by molar-refractivity contribution is -0.151. The van der Waals surface area contributed by atoms with Crippen molar-refractivity contribution in [1.82, 2.24) is 5.32 Å². The van der Waals surface area contributed by atoms with E-state index >= 15 is 0 Å². The zero-order chi connectivity index (χ0) is 47.4. The summed E-state index contributed by atoms with van der Waals surface area (Å²) in [6.45, 7) is 6.50. The molecule has 0 heterocycles. The molecule has 0 saturated heterocycles. The molecule has 3 atom stereocenters. The molecule has 0 aromatic heterocycles. The van der Waals surface area contributed by atoms with Crippen LogP contribution in [0.5, 0.6) is 0 Å². The molecule has 65 heavy (non-hydrogen) atoms. The lowest BCUT2D eigenvalue weighted by Gasteiger charge is -2.24. The molecule has 0 aromatic carbocycles.